The van der Waals surface area contributed by atoms with Gasteiger partial charge in [-0.2, -0.15) is 8.42 Å². The third kappa shape index (κ3) is 3.92. The maximum atomic E-state index is 13.4. The van der Waals surface area contributed by atoms with Crippen molar-refractivity contribution >= 4 is 43.7 Å². The zero-order chi connectivity index (χ0) is 24.1. The fourth-order valence-electron chi connectivity index (χ4n) is 5.72. The van der Waals surface area contributed by atoms with Crippen molar-refractivity contribution in [1.82, 2.24) is 5.32 Å². The number of nitrogens with one attached hydrogen (secondary N) is 1. The smallest absolute Gasteiger partial charge is 0.339 e. The fourth-order valence-corrected chi connectivity index (χ4v) is 7.58. The molecule has 1 aromatic heterocycles. The molecule has 1 unspecified atom stereocenters. The van der Waals surface area contributed by atoms with Gasteiger partial charge in [0.15, 0.2) is 0 Å². The highest BCUT2D eigenvalue weighted by atomic mass is 32.2. The number of carbonyl (C=O) groups excluding carboxylic acids is 2. The van der Waals surface area contributed by atoms with E-state index in [0.717, 1.165) is 23.8 Å². The quantitative estimate of drug-likeness (QED) is 0.365. The van der Waals surface area contributed by atoms with Crippen LogP contribution in [0.3, 0.4) is 0 Å². The Kier molecular flexibility index (Phi) is 5.76. The van der Waals surface area contributed by atoms with Gasteiger partial charge in [0.1, 0.15) is 16.9 Å². The Morgan fingerprint density at radius 1 is 1.18 bits per heavy atom. The molecular weight excluding hydrogens is 470 g/mol. The van der Waals surface area contributed by atoms with Gasteiger partial charge in [0.2, 0.25) is 0 Å². The summed E-state index contributed by atoms with van der Waals surface area (Å²) in [5.74, 6) is 1.06. The molecule has 3 aliphatic carbocycles. The van der Waals surface area contributed by atoms with E-state index in [4.69, 9.17) is 4.18 Å². The summed E-state index contributed by atoms with van der Waals surface area (Å²) in [6, 6.07) is 12.9. The highest BCUT2D eigenvalue weighted by molar-refractivity contribution is 7.87. The largest absolute Gasteiger partial charge is 0.379 e. The molecule has 2 bridgehead atoms. The first-order valence-electron chi connectivity index (χ1n) is 11.5. The molecular formula is C26H27NO5S2. The Bertz CT molecular complexity index is 1350. The van der Waals surface area contributed by atoms with Crippen LogP contribution < -0.4 is 9.50 Å². The molecule has 8 heteroatoms. The van der Waals surface area contributed by atoms with E-state index in [0.29, 0.717) is 29.2 Å². The summed E-state index contributed by atoms with van der Waals surface area (Å²) in [7, 11) is -3.98. The van der Waals surface area contributed by atoms with Gasteiger partial charge in [0.05, 0.1) is 5.56 Å². The van der Waals surface area contributed by atoms with Gasteiger partial charge in [0.25, 0.3) is 5.91 Å². The molecule has 0 saturated heterocycles. The van der Waals surface area contributed by atoms with E-state index in [-0.39, 0.29) is 33.9 Å². The van der Waals surface area contributed by atoms with E-state index in [1.165, 1.54) is 23.5 Å². The number of hydrogen-bond acceptors (Lipinski definition) is 6. The summed E-state index contributed by atoms with van der Waals surface area (Å²) in [5.41, 5.74) is 0.646. The molecule has 178 valence electrons. The first-order valence-corrected chi connectivity index (χ1v) is 13.7. The maximum absolute atomic E-state index is 13.4. The van der Waals surface area contributed by atoms with E-state index < -0.39 is 10.1 Å². The van der Waals surface area contributed by atoms with Crippen molar-refractivity contribution < 1.29 is 22.2 Å². The number of hydrogen-bond donors (Lipinski definition) is 1. The second kappa shape index (κ2) is 8.50. The third-order valence-corrected chi connectivity index (χ3v) is 10.0. The molecule has 1 amide bonds. The minimum atomic E-state index is -3.98. The lowest BCUT2D eigenvalue weighted by molar-refractivity contribution is -0.123. The first kappa shape index (κ1) is 23.1. The van der Waals surface area contributed by atoms with Crippen LogP contribution in [0.2, 0.25) is 0 Å². The summed E-state index contributed by atoms with van der Waals surface area (Å²) >= 11 is 1.43. The Balaban J connectivity index is 1.40. The van der Waals surface area contributed by atoms with Gasteiger partial charge in [-0.05, 0) is 66.3 Å². The zero-order valence-corrected chi connectivity index (χ0v) is 20.7. The average molecular weight is 498 g/mol. The van der Waals surface area contributed by atoms with E-state index in [1.54, 1.807) is 41.8 Å². The minimum absolute atomic E-state index is 0.0504. The molecule has 3 saturated carbocycles. The van der Waals surface area contributed by atoms with Crippen LogP contribution in [-0.2, 0) is 14.9 Å². The normalized spacial score (nSPS) is 25.4. The van der Waals surface area contributed by atoms with Crippen LogP contribution in [0.5, 0.6) is 5.75 Å². The van der Waals surface area contributed by atoms with Gasteiger partial charge in [-0.15, -0.1) is 11.3 Å². The standard InChI is InChI=1S/C26H27NO5S2/c1-26(2)17-12-16(10-11-28)24(22(26)13-17)27-25(29)21-15-33-23-9-8-18(14-20(21)23)32-34(30,31)19-6-4-3-5-7-19/h3-9,11,14-17,22,24H,10,12-13H2,1-2H3,(H,27,29)/t16-,17-,22-,24?/m1/s1. The highest BCUT2D eigenvalue weighted by Crippen LogP contribution is 2.61. The van der Waals surface area contributed by atoms with Gasteiger partial charge in [-0.25, -0.2) is 0 Å². The number of thiophene rings is 1. The van der Waals surface area contributed by atoms with Gasteiger partial charge in [-0.1, -0.05) is 32.0 Å². The number of carbonyl (C=O) groups is 2. The van der Waals surface area contributed by atoms with Gasteiger partial charge in [0, 0.05) is 27.9 Å². The molecule has 34 heavy (non-hydrogen) atoms. The second-order valence-corrected chi connectivity index (χ2v) is 12.4. The first-order chi connectivity index (χ1) is 16.2. The topological polar surface area (TPSA) is 89.5 Å². The molecule has 4 atom stereocenters. The Morgan fingerprint density at radius 3 is 2.65 bits per heavy atom. The van der Waals surface area contributed by atoms with Crippen LogP contribution in [0.15, 0.2) is 58.8 Å². The van der Waals surface area contributed by atoms with Gasteiger partial charge >= 0.3 is 10.1 Å². The van der Waals surface area contributed by atoms with Crippen molar-refractivity contribution in [2.45, 2.75) is 44.0 Å². The minimum Gasteiger partial charge on any atom is -0.379 e. The van der Waals surface area contributed by atoms with Crippen molar-refractivity contribution in [3.8, 4) is 5.75 Å². The molecule has 1 heterocycles. The van der Waals surface area contributed by atoms with Crippen molar-refractivity contribution in [2.75, 3.05) is 0 Å². The molecule has 3 aliphatic rings. The highest BCUT2D eigenvalue weighted by Gasteiger charge is 2.57. The lowest BCUT2D eigenvalue weighted by Gasteiger charge is -2.62. The Morgan fingerprint density at radius 2 is 1.94 bits per heavy atom. The number of rotatable bonds is 7. The molecule has 6 rings (SSSR count). The summed E-state index contributed by atoms with van der Waals surface area (Å²) in [6.45, 7) is 4.50. The molecule has 1 N–H and O–H groups in total. The summed E-state index contributed by atoms with van der Waals surface area (Å²) in [5, 5.41) is 5.68. The average Bonchev–Trinajstić information content (AvgIpc) is 3.23. The van der Waals surface area contributed by atoms with Crippen molar-refractivity contribution in [3.63, 3.8) is 0 Å². The molecule has 3 aromatic rings. The molecule has 0 radical (unpaired) electrons. The number of fused-ring (bicyclic) bond motifs is 3. The van der Waals surface area contributed by atoms with E-state index in [9.17, 15) is 18.0 Å². The van der Waals surface area contributed by atoms with Crippen LogP contribution in [0, 0.1) is 23.2 Å². The van der Waals surface area contributed by atoms with Crippen LogP contribution in [0.1, 0.15) is 43.5 Å². The lowest BCUT2D eigenvalue weighted by Crippen LogP contribution is -2.63. The van der Waals surface area contributed by atoms with E-state index in [1.807, 2.05) is 0 Å². The van der Waals surface area contributed by atoms with Crippen LogP contribution in [0.25, 0.3) is 10.1 Å². The van der Waals surface area contributed by atoms with E-state index in [2.05, 4.69) is 19.2 Å². The SMILES string of the molecule is CC1(C)[C@@H]2C[C@@H](CC=O)C(NC(=O)c3csc4ccc(OS(=O)(=O)c5ccccc5)cc34)[C@H]1C2. The van der Waals surface area contributed by atoms with Crippen LogP contribution >= 0.6 is 11.3 Å². The number of aldehydes is 1. The molecule has 3 fully saturated rings. The zero-order valence-electron chi connectivity index (χ0n) is 19.1. The number of amides is 1. The van der Waals surface area contributed by atoms with Gasteiger partial charge in [-0.3, -0.25) is 4.79 Å². The molecule has 6 nitrogen and oxygen atoms in total. The Labute approximate surface area is 203 Å². The summed E-state index contributed by atoms with van der Waals surface area (Å²) < 4.78 is 31.5. The Hall–Kier alpha value is -2.71. The van der Waals surface area contributed by atoms with Crippen molar-refractivity contribution in [3.05, 3.63) is 59.5 Å². The number of benzene rings is 2. The summed E-state index contributed by atoms with van der Waals surface area (Å²) in [4.78, 5) is 24.7. The molecule has 0 spiro atoms. The van der Waals surface area contributed by atoms with Crippen molar-refractivity contribution in [1.29, 1.82) is 0 Å². The van der Waals surface area contributed by atoms with E-state index >= 15 is 0 Å². The lowest BCUT2D eigenvalue weighted by atomic mass is 9.44. The monoisotopic (exact) mass is 497 g/mol. The fraction of sp³-hybridized carbons (Fsp3) is 0.385. The van der Waals surface area contributed by atoms with Crippen LogP contribution in [-0.4, -0.2) is 26.7 Å². The predicted octanol–water partition coefficient (Wildman–Crippen LogP) is 5.04. The van der Waals surface area contributed by atoms with Gasteiger partial charge < -0.3 is 14.3 Å². The molecule has 2 aromatic carbocycles. The summed E-state index contributed by atoms with van der Waals surface area (Å²) in [6.07, 6.45) is 3.44. The predicted molar refractivity (Wildman–Crippen MR) is 132 cm³/mol. The maximum Gasteiger partial charge on any atom is 0.339 e. The van der Waals surface area contributed by atoms with Crippen LogP contribution in [0.4, 0.5) is 0 Å². The second-order valence-electron chi connectivity index (χ2n) is 9.92. The third-order valence-electron chi connectivity index (χ3n) is 7.80. The molecule has 0 aliphatic heterocycles. The van der Waals surface area contributed by atoms with Crippen molar-refractivity contribution in [2.24, 2.45) is 23.2 Å².